The molecule has 1 saturated heterocycles. The summed E-state index contributed by atoms with van der Waals surface area (Å²) < 4.78 is 5.15. The van der Waals surface area contributed by atoms with Gasteiger partial charge in [-0.25, -0.2) is 9.59 Å². The minimum atomic E-state index is -1.14. The number of esters is 1. The average molecular weight is 230 g/mol. The van der Waals surface area contributed by atoms with Crippen molar-refractivity contribution in [1.82, 2.24) is 4.90 Å². The molecule has 1 heterocycles. The van der Waals surface area contributed by atoms with Gasteiger partial charge in [0, 0.05) is 12.6 Å². The number of carboxylic acid groups (broad SMARTS) is 1. The largest absolute Gasteiger partial charge is 0.465 e. The summed E-state index contributed by atoms with van der Waals surface area (Å²) in [5, 5.41) is 8.91. The van der Waals surface area contributed by atoms with E-state index in [4.69, 9.17) is 15.6 Å². The van der Waals surface area contributed by atoms with Crippen molar-refractivity contribution >= 4 is 12.1 Å². The first-order chi connectivity index (χ1) is 7.20. The van der Waals surface area contributed by atoms with E-state index in [1.807, 2.05) is 0 Å². The first kappa shape index (κ1) is 12.8. The van der Waals surface area contributed by atoms with Gasteiger partial charge in [0.25, 0.3) is 0 Å². The van der Waals surface area contributed by atoms with Crippen molar-refractivity contribution in [3.63, 3.8) is 0 Å². The molecular weight excluding hydrogens is 212 g/mol. The van der Waals surface area contributed by atoms with Crippen LogP contribution in [-0.2, 0) is 9.53 Å². The van der Waals surface area contributed by atoms with Gasteiger partial charge >= 0.3 is 12.1 Å². The molecule has 0 aliphatic carbocycles. The second kappa shape index (κ2) is 4.29. The first-order valence-corrected chi connectivity index (χ1v) is 5.18. The van der Waals surface area contributed by atoms with Gasteiger partial charge in [-0.15, -0.1) is 0 Å². The topological polar surface area (TPSA) is 92.9 Å². The van der Waals surface area contributed by atoms with Crippen LogP contribution in [0.25, 0.3) is 0 Å². The number of hydrogen-bond donors (Lipinski definition) is 2. The van der Waals surface area contributed by atoms with Gasteiger partial charge in [-0.3, -0.25) is 4.90 Å². The standard InChI is InChI=1S/C10H18N2O4/c1-10(2,3)16-8(13)7-4-6(11)5-12(7)9(14)15/h6-7H,4-5,11H2,1-3H3,(H,14,15)/t6-,7-/m0/s1. The number of nitrogens with zero attached hydrogens (tertiary/aromatic N) is 1. The summed E-state index contributed by atoms with van der Waals surface area (Å²) in [5.41, 5.74) is 5.02. The van der Waals surface area contributed by atoms with E-state index in [0.717, 1.165) is 4.90 Å². The minimum absolute atomic E-state index is 0.180. The maximum atomic E-state index is 11.7. The molecule has 6 nitrogen and oxygen atoms in total. The lowest BCUT2D eigenvalue weighted by Crippen LogP contribution is -2.43. The van der Waals surface area contributed by atoms with Crippen molar-refractivity contribution in [2.24, 2.45) is 5.73 Å². The van der Waals surface area contributed by atoms with E-state index >= 15 is 0 Å². The van der Waals surface area contributed by atoms with Gasteiger partial charge in [0.1, 0.15) is 11.6 Å². The van der Waals surface area contributed by atoms with Crippen molar-refractivity contribution in [1.29, 1.82) is 0 Å². The molecule has 0 aromatic carbocycles. The van der Waals surface area contributed by atoms with Crippen molar-refractivity contribution in [2.45, 2.75) is 44.9 Å². The monoisotopic (exact) mass is 230 g/mol. The quantitative estimate of drug-likeness (QED) is 0.636. The Morgan fingerprint density at radius 1 is 1.44 bits per heavy atom. The number of carbonyl (C=O) groups excluding carboxylic acids is 1. The third kappa shape index (κ3) is 3.10. The SMILES string of the molecule is CC(C)(C)OC(=O)[C@@H]1C[C@H](N)CN1C(=O)O. The van der Waals surface area contributed by atoms with E-state index in [1.165, 1.54) is 0 Å². The van der Waals surface area contributed by atoms with E-state index in [1.54, 1.807) is 20.8 Å². The number of ether oxygens (including phenoxy) is 1. The van der Waals surface area contributed by atoms with Crippen LogP contribution in [0.2, 0.25) is 0 Å². The molecule has 1 amide bonds. The van der Waals surface area contributed by atoms with Crippen LogP contribution in [0, 0.1) is 0 Å². The Morgan fingerprint density at radius 3 is 2.44 bits per heavy atom. The lowest BCUT2D eigenvalue weighted by Gasteiger charge is -2.25. The first-order valence-electron chi connectivity index (χ1n) is 5.18. The number of amides is 1. The number of rotatable bonds is 1. The lowest BCUT2D eigenvalue weighted by molar-refractivity contribution is -0.159. The van der Waals surface area contributed by atoms with Gasteiger partial charge in [-0.2, -0.15) is 0 Å². The molecule has 1 aliphatic rings. The van der Waals surface area contributed by atoms with Crippen LogP contribution in [0.15, 0.2) is 0 Å². The highest BCUT2D eigenvalue weighted by Crippen LogP contribution is 2.20. The predicted molar refractivity (Wildman–Crippen MR) is 57.0 cm³/mol. The zero-order chi connectivity index (χ0) is 12.5. The smallest absolute Gasteiger partial charge is 0.408 e. The maximum absolute atomic E-state index is 11.7. The Labute approximate surface area is 94.3 Å². The van der Waals surface area contributed by atoms with Crippen LogP contribution in [0.4, 0.5) is 4.79 Å². The van der Waals surface area contributed by atoms with E-state index in [9.17, 15) is 9.59 Å². The van der Waals surface area contributed by atoms with Gasteiger partial charge in [0.15, 0.2) is 0 Å². The molecule has 3 N–H and O–H groups in total. The predicted octanol–water partition coefficient (Wildman–Crippen LogP) is 0.408. The van der Waals surface area contributed by atoms with E-state index in [2.05, 4.69) is 0 Å². The summed E-state index contributed by atoms with van der Waals surface area (Å²) in [6, 6.07) is -1.07. The molecule has 0 bridgehead atoms. The molecule has 1 aliphatic heterocycles. The molecule has 1 rings (SSSR count). The summed E-state index contributed by atoms with van der Waals surface area (Å²) in [6.07, 6.45) is -0.815. The molecule has 0 spiro atoms. The van der Waals surface area contributed by atoms with Gasteiger partial charge in [-0.1, -0.05) is 0 Å². The molecule has 92 valence electrons. The number of carbonyl (C=O) groups is 2. The second-order valence-corrected chi connectivity index (χ2v) is 4.98. The fourth-order valence-corrected chi connectivity index (χ4v) is 1.67. The second-order valence-electron chi connectivity index (χ2n) is 4.98. The van der Waals surface area contributed by atoms with Crippen molar-refractivity contribution in [2.75, 3.05) is 6.54 Å². The number of likely N-dealkylation sites (tertiary alicyclic amines) is 1. The fraction of sp³-hybridized carbons (Fsp3) is 0.800. The average Bonchev–Trinajstić information content (AvgIpc) is 2.44. The molecule has 2 atom stereocenters. The van der Waals surface area contributed by atoms with Crippen molar-refractivity contribution in [3.05, 3.63) is 0 Å². The molecular formula is C10H18N2O4. The minimum Gasteiger partial charge on any atom is -0.465 e. The van der Waals surface area contributed by atoms with Crippen LogP contribution < -0.4 is 5.73 Å². The summed E-state index contributed by atoms with van der Waals surface area (Å²) in [5.74, 6) is -0.525. The highest BCUT2D eigenvalue weighted by atomic mass is 16.6. The van der Waals surface area contributed by atoms with Gasteiger partial charge < -0.3 is 15.6 Å². The van der Waals surface area contributed by atoms with Crippen LogP contribution in [0.5, 0.6) is 0 Å². The summed E-state index contributed by atoms with van der Waals surface area (Å²) in [6.45, 7) is 5.40. The highest BCUT2D eigenvalue weighted by Gasteiger charge is 2.40. The third-order valence-corrected chi connectivity index (χ3v) is 2.26. The summed E-state index contributed by atoms with van der Waals surface area (Å²) in [4.78, 5) is 23.7. The third-order valence-electron chi connectivity index (χ3n) is 2.26. The van der Waals surface area contributed by atoms with E-state index in [0.29, 0.717) is 6.42 Å². The van der Waals surface area contributed by atoms with Crippen molar-refractivity contribution in [3.8, 4) is 0 Å². The Hall–Kier alpha value is -1.30. The van der Waals surface area contributed by atoms with Crippen LogP contribution >= 0.6 is 0 Å². The van der Waals surface area contributed by atoms with Gasteiger partial charge in [0.05, 0.1) is 0 Å². The highest BCUT2D eigenvalue weighted by molar-refractivity contribution is 5.82. The van der Waals surface area contributed by atoms with E-state index < -0.39 is 23.7 Å². The van der Waals surface area contributed by atoms with Crippen LogP contribution in [-0.4, -0.2) is 46.3 Å². The number of nitrogens with two attached hydrogens (primary N) is 1. The zero-order valence-corrected chi connectivity index (χ0v) is 9.77. The van der Waals surface area contributed by atoms with Gasteiger partial charge in [0.2, 0.25) is 0 Å². The van der Waals surface area contributed by atoms with E-state index in [-0.39, 0.29) is 12.6 Å². The Bertz CT molecular complexity index is 298. The van der Waals surface area contributed by atoms with Gasteiger partial charge in [-0.05, 0) is 27.2 Å². The molecule has 1 fully saturated rings. The Morgan fingerprint density at radius 2 is 2.00 bits per heavy atom. The van der Waals surface area contributed by atoms with Crippen LogP contribution in [0.3, 0.4) is 0 Å². The lowest BCUT2D eigenvalue weighted by atomic mass is 10.1. The maximum Gasteiger partial charge on any atom is 0.408 e. The van der Waals surface area contributed by atoms with Crippen molar-refractivity contribution < 1.29 is 19.4 Å². The molecule has 0 aromatic rings. The Balaban J connectivity index is 2.71. The van der Waals surface area contributed by atoms with Crippen LogP contribution in [0.1, 0.15) is 27.2 Å². The zero-order valence-electron chi connectivity index (χ0n) is 9.77. The normalized spacial score (nSPS) is 25.6. The fourth-order valence-electron chi connectivity index (χ4n) is 1.67. The molecule has 0 saturated carbocycles. The number of hydrogen-bond acceptors (Lipinski definition) is 4. The summed E-state index contributed by atoms with van der Waals surface area (Å²) >= 11 is 0. The molecule has 0 aromatic heterocycles. The summed E-state index contributed by atoms with van der Waals surface area (Å²) in [7, 11) is 0. The Kier molecular flexibility index (Phi) is 3.42. The molecule has 0 unspecified atom stereocenters. The molecule has 16 heavy (non-hydrogen) atoms. The molecule has 6 heteroatoms. The molecule has 0 radical (unpaired) electrons.